The van der Waals surface area contributed by atoms with Crippen LogP contribution >= 0.6 is 0 Å². The molecule has 1 aliphatic rings. The van der Waals surface area contributed by atoms with E-state index in [4.69, 9.17) is 5.11 Å². The Morgan fingerprint density at radius 1 is 1.30 bits per heavy atom. The zero-order valence-corrected chi connectivity index (χ0v) is 12.2. The maximum atomic E-state index is 12.1. The van der Waals surface area contributed by atoms with E-state index in [-0.39, 0.29) is 24.3 Å². The summed E-state index contributed by atoms with van der Waals surface area (Å²) in [7, 11) is 1.55. The van der Waals surface area contributed by atoms with Gasteiger partial charge in [0.25, 0.3) is 0 Å². The number of likely N-dealkylation sites (N-methyl/N-ethyl adjacent to an activating group) is 1. The Kier molecular flexibility index (Phi) is 4.12. The fourth-order valence-corrected chi connectivity index (χ4v) is 2.53. The van der Waals surface area contributed by atoms with E-state index in [1.165, 1.54) is 16.0 Å². The maximum absolute atomic E-state index is 12.1. The summed E-state index contributed by atoms with van der Waals surface area (Å²) >= 11 is 0. The van der Waals surface area contributed by atoms with Gasteiger partial charge in [-0.25, -0.2) is 0 Å². The molecule has 1 saturated carbocycles. The fourth-order valence-electron chi connectivity index (χ4n) is 2.53. The third-order valence-corrected chi connectivity index (χ3v) is 3.89. The molecule has 0 saturated heterocycles. The molecule has 0 bridgehead atoms. The lowest BCUT2D eigenvalue weighted by molar-refractivity contribution is -0.144. The number of carbonyl (C=O) groups is 2. The normalized spacial score (nSPS) is 20.8. The number of carboxylic acids is 1. The van der Waals surface area contributed by atoms with Crippen molar-refractivity contribution in [3.05, 3.63) is 35.4 Å². The van der Waals surface area contributed by atoms with E-state index in [1.54, 1.807) is 7.05 Å². The standard InChI is InChI=1S/C16H21NO3/c1-10(2)11-4-6-12(7-5-11)13-8-14(13)16(20)17(3)9-15(18)19/h4-7,10,13-14H,8-9H2,1-3H3,(H,18,19). The van der Waals surface area contributed by atoms with Crippen LogP contribution in [0.5, 0.6) is 0 Å². The summed E-state index contributed by atoms with van der Waals surface area (Å²) in [5, 5.41) is 8.71. The second-order valence-electron chi connectivity index (χ2n) is 5.86. The number of nitrogens with zero attached hydrogens (tertiary/aromatic N) is 1. The van der Waals surface area contributed by atoms with Gasteiger partial charge in [0.15, 0.2) is 0 Å². The molecule has 1 aromatic carbocycles. The first kappa shape index (κ1) is 14.6. The van der Waals surface area contributed by atoms with Crippen molar-refractivity contribution in [2.75, 3.05) is 13.6 Å². The second kappa shape index (κ2) is 5.65. The fraction of sp³-hybridized carbons (Fsp3) is 0.500. The molecule has 0 heterocycles. The lowest BCUT2D eigenvalue weighted by Crippen LogP contribution is -2.33. The molecule has 1 N–H and O–H groups in total. The lowest BCUT2D eigenvalue weighted by Gasteiger charge is -2.14. The van der Waals surface area contributed by atoms with Crippen molar-refractivity contribution in [1.82, 2.24) is 4.90 Å². The van der Waals surface area contributed by atoms with Crippen molar-refractivity contribution >= 4 is 11.9 Å². The van der Waals surface area contributed by atoms with Crippen LogP contribution in [-0.4, -0.2) is 35.5 Å². The molecule has 2 rings (SSSR count). The number of hydrogen-bond donors (Lipinski definition) is 1. The highest BCUT2D eigenvalue weighted by Gasteiger charge is 2.45. The highest BCUT2D eigenvalue weighted by atomic mass is 16.4. The molecular formula is C16H21NO3. The Bertz CT molecular complexity index is 507. The van der Waals surface area contributed by atoms with Crippen molar-refractivity contribution in [2.24, 2.45) is 5.92 Å². The van der Waals surface area contributed by atoms with E-state index in [9.17, 15) is 9.59 Å². The zero-order valence-electron chi connectivity index (χ0n) is 12.2. The van der Waals surface area contributed by atoms with Gasteiger partial charge < -0.3 is 10.0 Å². The van der Waals surface area contributed by atoms with E-state index in [0.717, 1.165) is 6.42 Å². The molecule has 1 fully saturated rings. The van der Waals surface area contributed by atoms with Crippen LogP contribution in [0.25, 0.3) is 0 Å². The van der Waals surface area contributed by atoms with Crippen molar-refractivity contribution < 1.29 is 14.7 Å². The summed E-state index contributed by atoms with van der Waals surface area (Å²) in [4.78, 5) is 24.0. The number of carbonyl (C=O) groups excluding carboxylic acids is 1. The first-order valence-electron chi connectivity index (χ1n) is 6.96. The van der Waals surface area contributed by atoms with Crippen LogP contribution in [0, 0.1) is 5.92 Å². The van der Waals surface area contributed by atoms with Crippen molar-refractivity contribution in [2.45, 2.75) is 32.1 Å². The van der Waals surface area contributed by atoms with Crippen LogP contribution in [0.2, 0.25) is 0 Å². The molecule has 0 aromatic heterocycles. The highest BCUT2D eigenvalue weighted by molar-refractivity contribution is 5.85. The number of rotatable bonds is 5. The molecule has 1 aliphatic carbocycles. The SMILES string of the molecule is CC(C)c1ccc(C2CC2C(=O)N(C)CC(=O)O)cc1. The molecule has 4 nitrogen and oxygen atoms in total. The summed E-state index contributed by atoms with van der Waals surface area (Å²) in [6, 6.07) is 8.40. The molecule has 0 radical (unpaired) electrons. The van der Waals surface area contributed by atoms with Crippen molar-refractivity contribution in [1.29, 1.82) is 0 Å². The summed E-state index contributed by atoms with van der Waals surface area (Å²) < 4.78 is 0. The zero-order chi connectivity index (χ0) is 14.9. The average Bonchev–Trinajstić information content (AvgIpc) is 3.17. The van der Waals surface area contributed by atoms with Crippen LogP contribution in [0.15, 0.2) is 24.3 Å². The van der Waals surface area contributed by atoms with Gasteiger partial charge in [-0.2, -0.15) is 0 Å². The van der Waals surface area contributed by atoms with Crippen molar-refractivity contribution in [3.8, 4) is 0 Å². The monoisotopic (exact) mass is 275 g/mol. The summed E-state index contributed by atoms with van der Waals surface area (Å²) in [5.41, 5.74) is 2.47. The largest absolute Gasteiger partial charge is 0.480 e. The van der Waals surface area contributed by atoms with Crippen molar-refractivity contribution in [3.63, 3.8) is 0 Å². The minimum absolute atomic E-state index is 0.0516. The van der Waals surface area contributed by atoms with Gasteiger partial charge in [-0.15, -0.1) is 0 Å². The predicted octanol–water partition coefficient (Wildman–Crippen LogP) is 2.46. The number of aliphatic carboxylic acids is 1. The van der Waals surface area contributed by atoms with Gasteiger partial charge in [-0.05, 0) is 29.4 Å². The van der Waals surface area contributed by atoms with Gasteiger partial charge in [0.05, 0.1) is 0 Å². The predicted molar refractivity (Wildman–Crippen MR) is 76.7 cm³/mol. The third-order valence-electron chi connectivity index (χ3n) is 3.89. The number of carboxylic acid groups (broad SMARTS) is 1. The molecule has 108 valence electrons. The molecule has 0 aliphatic heterocycles. The van der Waals surface area contributed by atoms with E-state index >= 15 is 0 Å². The molecule has 4 heteroatoms. The van der Waals surface area contributed by atoms with E-state index < -0.39 is 5.97 Å². The maximum Gasteiger partial charge on any atom is 0.323 e. The number of amides is 1. The smallest absolute Gasteiger partial charge is 0.323 e. The molecular weight excluding hydrogens is 254 g/mol. The number of hydrogen-bond acceptors (Lipinski definition) is 2. The van der Waals surface area contributed by atoms with Gasteiger partial charge in [-0.3, -0.25) is 9.59 Å². The van der Waals surface area contributed by atoms with Crippen LogP contribution in [0.3, 0.4) is 0 Å². The second-order valence-corrected chi connectivity index (χ2v) is 5.86. The van der Waals surface area contributed by atoms with Crippen LogP contribution in [0.1, 0.15) is 43.2 Å². The topological polar surface area (TPSA) is 57.6 Å². The quantitative estimate of drug-likeness (QED) is 0.898. The Morgan fingerprint density at radius 3 is 2.40 bits per heavy atom. The van der Waals surface area contributed by atoms with E-state index in [2.05, 4.69) is 38.1 Å². The van der Waals surface area contributed by atoms with Gasteiger partial charge in [0.1, 0.15) is 6.54 Å². The first-order chi connectivity index (χ1) is 9.40. The molecule has 2 unspecified atom stereocenters. The van der Waals surface area contributed by atoms with Crippen LogP contribution < -0.4 is 0 Å². The minimum atomic E-state index is -0.973. The highest BCUT2D eigenvalue weighted by Crippen LogP contribution is 2.48. The Labute approximate surface area is 119 Å². The van der Waals surface area contributed by atoms with Crippen LogP contribution in [0.4, 0.5) is 0 Å². The van der Waals surface area contributed by atoms with Gasteiger partial charge in [0, 0.05) is 13.0 Å². The van der Waals surface area contributed by atoms with E-state index in [0.29, 0.717) is 5.92 Å². The first-order valence-corrected chi connectivity index (χ1v) is 6.96. The molecule has 1 amide bonds. The minimum Gasteiger partial charge on any atom is -0.480 e. The summed E-state index contributed by atoms with van der Waals surface area (Å²) in [6.45, 7) is 4.08. The molecule has 1 aromatic rings. The van der Waals surface area contributed by atoms with E-state index in [1.807, 2.05) is 0 Å². The number of benzene rings is 1. The van der Waals surface area contributed by atoms with Gasteiger partial charge in [-0.1, -0.05) is 38.1 Å². The lowest BCUT2D eigenvalue weighted by atomic mass is 10.00. The van der Waals surface area contributed by atoms with Gasteiger partial charge >= 0.3 is 5.97 Å². The summed E-state index contributed by atoms with van der Waals surface area (Å²) in [5.74, 6) is -0.337. The average molecular weight is 275 g/mol. The summed E-state index contributed by atoms with van der Waals surface area (Å²) in [6.07, 6.45) is 0.823. The molecule has 2 atom stereocenters. The molecule has 0 spiro atoms. The van der Waals surface area contributed by atoms with Gasteiger partial charge in [0.2, 0.25) is 5.91 Å². The third kappa shape index (κ3) is 3.18. The van der Waals surface area contributed by atoms with Crippen LogP contribution in [-0.2, 0) is 9.59 Å². The molecule has 20 heavy (non-hydrogen) atoms. The Morgan fingerprint density at radius 2 is 1.90 bits per heavy atom. The Hall–Kier alpha value is -1.84. The Balaban J connectivity index is 1.97.